The molecule has 0 aliphatic rings. The molecular formula is C27H16BrN3S. The number of nitrogens with zero attached hydrogens (tertiary/aromatic N) is 3. The van der Waals surface area contributed by atoms with Crippen LogP contribution in [0.2, 0.25) is 0 Å². The number of aromatic nitrogens is 3. The molecule has 0 saturated carbocycles. The van der Waals surface area contributed by atoms with Gasteiger partial charge in [0.2, 0.25) is 0 Å². The smallest absolute Gasteiger partial charge is 0.165 e. The van der Waals surface area contributed by atoms with E-state index in [-0.39, 0.29) is 0 Å². The van der Waals surface area contributed by atoms with Crippen LogP contribution in [0.15, 0.2) is 102 Å². The molecule has 2 heterocycles. The number of benzene rings is 4. The molecule has 4 aromatic carbocycles. The molecule has 5 heteroatoms. The predicted octanol–water partition coefficient (Wildman–Crippen LogP) is 8.00. The molecule has 6 rings (SSSR count). The lowest BCUT2D eigenvalue weighted by atomic mass is 10.1. The fraction of sp³-hybridized carbons (Fsp3) is 0. The van der Waals surface area contributed by atoms with Gasteiger partial charge < -0.3 is 0 Å². The van der Waals surface area contributed by atoms with Crippen LogP contribution in [0.25, 0.3) is 54.3 Å². The largest absolute Gasteiger partial charge is 0.208 e. The van der Waals surface area contributed by atoms with Gasteiger partial charge in [-0.2, -0.15) is 0 Å². The van der Waals surface area contributed by atoms with Crippen molar-refractivity contribution in [2.75, 3.05) is 0 Å². The van der Waals surface area contributed by atoms with Gasteiger partial charge in [-0.15, -0.1) is 11.3 Å². The van der Waals surface area contributed by atoms with E-state index in [1.807, 2.05) is 60.7 Å². The third kappa shape index (κ3) is 3.30. The first-order valence-electron chi connectivity index (χ1n) is 10.2. The number of thiophene rings is 1. The lowest BCUT2D eigenvalue weighted by Crippen LogP contribution is -2.00. The van der Waals surface area contributed by atoms with Crippen LogP contribution < -0.4 is 0 Å². The molecule has 2 aromatic heterocycles. The molecule has 152 valence electrons. The highest BCUT2D eigenvalue weighted by atomic mass is 79.9. The summed E-state index contributed by atoms with van der Waals surface area (Å²) in [6.07, 6.45) is 0. The topological polar surface area (TPSA) is 38.7 Å². The number of hydrogen-bond acceptors (Lipinski definition) is 4. The van der Waals surface area contributed by atoms with Gasteiger partial charge in [-0.1, -0.05) is 84.9 Å². The Morgan fingerprint density at radius 1 is 0.500 bits per heavy atom. The van der Waals surface area contributed by atoms with E-state index in [1.165, 1.54) is 20.2 Å². The van der Waals surface area contributed by atoms with E-state index < -0.39 is 0 Å². The number of hydrogen-bond donors (Lipinski definition) is 0. The molecule has 0 spiro atoms. The van der Waals surface area contributed by atoms with E-state index >= 15 is 0 Å². The Balaban J connectivity index is 1.64. The molecule has 0 atom stereocenters. The average molecular weight is 494 g/mol. The molecule has 6 aromatic rings. The van der Waals surface area contributed by atoms with Crippen molar-refractivity contribution in [3.05, 3.63) is 102 Å². The van der Waals surface area contributed by atoms with Crippen LogP contribution in [0.5, 0.6) is 0 Å². The van der Waals surface area contributed by atoms with Gasteiger partial charge in [0, 0.05) is 41.3 Å². The molecule has 3 nitrogen and oxygen atoms in total. The van der Waals surface area contributed by atoms with Gasteiger partial charge in [0.15, 0.2) is 17.5 Å². The molecule has 0 N–H and O–H groups in total. The summed E-state index contributed by atoms with van der Waals surface area (Å²) in [6, 6.07) is 32.8. The Morgan fingerprint density at radius 3 is 1.66 bits per heavy atom. The molecule has 0 radical (unpaired) electrons. The van der Waals surface area contributed by atoms with Gasteiger partial charge in [0.05, 0.1) is 0 Å². The highest BCUT2D eigenvalue weighted by Crippen LogP contribution is 2.42. The van der Waals surface area contributed by atoms with Crippen molar-refractivity contribution in [3.8, 4) is 34.2 Å². The maximum atomic E-state index is 4.91. The Bertz CT molecular complexity index is 1520. The van der Waals surface area contributed by atoms with Crippen LogP contribution in [-0.4, -0.2) is 15.0 Å². The second kappa shape index (κ2) is 7.93. The summed E-state index contributed by atoms with van der Waals surface area (Å²) in [5.74, 6) is 2.04. The summed E-state index contributed by atoms with van der Waals surface area (Å²) in [7, 11) is 0. The van der Waals surface area contributed by atoms with E-state index in [9.17, 15) is 0 Å². The van der Waals surface area contributed by atoms with E-state index in [2.05, 4.69) is 52.3 Å². The third-order valence-corrected chi connectivity index (χ3v) is 7.63. The van der Waals surface area contributed by atoms with Crippen LogP contribution >= 0.6 is 27.3 Å². The predicted molar refractivity (Wildman–Crippen MR) is 137 cm³/mol. The highest BCUT2D eigenvalue weighted by Gasteiger charge is 2.16. The number of fused-ring (bicyclic) bond motifs is 3. The minimum atomic E-state index is 0.675. The molecule has 0 fully saturated rings. The number of halogens is 1. The quantitative estimate of drug-likeness (QED) is 0.250. The summed E-state index contributed by atoms with van der Waals surface area (Å²) in [5, 5.41) is 2.45. The highest BCUT2D eigenvalue weighted by molar-refractivity contribution is 9.10. The Kier molecular flexibility index (Phi) is 4.78. The van der Waals surface area contributed by atoms with Gasteiger partial charge in [-0.25, -0.2) is 15.0 Å². The summed E-state index contributed by atoms with van der Waals surface area (Å²) in [5.41, 5.74) is 2.96. The maximum Gasteiger partial charge on any atom is 0.165 e. The van der Waals surface area contributed by atoms with Gasteiger partial charge in [-0.05, 0) is 28.1 Å². The molecular weight excluding hydrogens is 478 g/mol. The lowest BCUT2D eigenvalue weighted by molar-refractivity contribution is 1.08. The first-order chi connectivity index (χ1) is 15.8. The van der Waals surface area contributed by atoms with Gasteiger partial charge in [-0.3, -0.25) is 0 Å². The zero-order valence-electron chi connectivity index (χ0n) is 16.9. The normalized spacial score (nSPS) is 11.3. The van der Waals surface area contributed by atoms with E-state index in [4.69, 9.17) is 15.0 Å². The zero-order chi connectivity index (χ0) is 21.5. The SMILES string of the molecule is Brc1cccc2c1sc1c(-c3nc(-c4ccccc4)nc(-c4ccccc4)n3)cccc12. The maximum absolute atomic E-state index is 4.91. The van der Waals surface area contributed by atoms with E-state index in [0.29, 0.717) is 17.5 Å². The first kappa shape index (κ1) is 19.3. The minimum absolute atomic E-state index is 0.675. The van der Waals surface area contributed by atoms with E-state index in [0.717, 1.165) is 21.2 Å². The fourth-order valence-corrected chi connectivity index (χ4v) is 5.71. The van der Waals surface area contributed by atoms with Crippen molar-refractivity contribution in [2.24, 2.45) is 0 Å². The van der Waals surface area contributed by atoms with Crippen molar-refractivity contribution in [1.29, 1.82) is 0 Å². The molecule has 0 bridgehead atoms. The van der Waals surface area contributed by atoms with Crippen molar-refractivity contribution in [2.45, 2.75) is 0 Å². The van der Waals surface area contributed by atoms with Crippen molar-refractivity contribution in [1.82, 2.24) is 15.0 Å². The molecule has 0 aliphatic carbocycles. The Hall–Kier alpha value is -3.41. The zero-order valence-corrected chi connectivity index (χ0v) is 19.3. The standard InChI is InChI=1S/C27H16BrN3S/c28-22-16-8-14-20-19-13-7-15-21(23(19)32-24(20)22)27-30-25(17-9-3-1-4-10-17)29-26(31-27)18-11-5-2-6-12-18/h1-16H. The number of rotatable bonds is 3. The van der Waals surface area contributed by atoms with Crippen LogP contribution in [-0.2, 0) is 0 Å². The second-order valence-electron chi connectivity index (χ2n) is 7.44. The summed E-state index contributed by atoms with van der Waals surface area (Å²) in [4.78, 5) is 14.6. The van der Waals surface area contributed by atoms with E-state index in [1.54, 1.807) is 11.3 Å². The fourth-order valence-electron chi connectivity index (χ4n) is 3.89. The average Bonchev–Trinajstić information content (AvgIpc) is 3.25. The molecule has 32 heavy (non-hydrogen) atoms. The summed E-state index contributed by atoms with van der Waals surface area (Å²) < 4.78 is 3.52. The molecule has 0 unspecified atom stereocenters. The van der Waals surface area contributed by atoms with Crippen LogP contribution in [0, 0.1) is 0 Å². The van der Waals surface area contributed by atoms with Crippen molar-refractivity contribution >= 4 is 47.4 Å². The third-order valence-electron chi connectivity index (χ3n) is 5.42. The summed E-state index contributed by atoms with van der Waals surface area (Å²) in [6.45, 7) is 0. The van der Waals surface area contributed by atoms with Crippen LogP contribution in [0.1, 0.15) is 0 Å². The van der Waals surface area contributed by atoms with Gasteiger partial charge in [0.25, 0.3) is 0 Å². The molecule has 0 saturated heterocycles. The summed E-state index contributed by atoms with van der Waals surface area (Å²) >= 11 is 5.48. The molecule has 0 amide bonds. The van der Waals surface area contributed by atoms with Crippen LogP contribution in [0.3, 0.4) is 0 Å². The lowest BCUT2D eigenvalue weighted by Gasteiger charge is -2.09. The Morgan fingerprint density at radius 2 is 1.03 bits per heavy atom. The van der Waals surface area contributed by atoms with Gasteiger partial charge in [0.1, 0.15) is 0 Å². The monoisotopic (exact) mass is 493 g/mol. The van der Waals surface area contributed by atoms with Gasteiger partial charge >= 0.3 is 0 Å². The van der Waals surface area contributed by atoms with Crippen LogP contribution in [0.4, 0.5) is 0 Å². The molecule has 0 aliphatic heterocycles. The Labute approximate surface area is 197 Å². The van der Waals surface area contributed by atoms with Crippen molar-refractivity contribution in [3.63, 3.8) is 0 Å². The first-order valence-corrected chi connectivity index (χ1v) is 11.9. The van der Waals surface area contributed by atoms with Crippen molar-refractivity contribution < 1.29 is 0 Å². The minimum Gasteiger partial charge on any atom is -0.208 e. The second-order valence-corrected chi connectivity index (χ2v) is 9.31.